The van der Waals surface area contributed by atoms with Gasteiger partial charge in [0.1, 0.15) is 0 Å². The van der Waals surface area contributed by atoms with Gasteiger partial charge in [0.25, 0.3) is 0 Å². The van der Waals surface area contributed by atoms with Gasteiger partial charge in [0.05, 0.1) is 5.41 Å². The summed E-state index contributed by atoms with van der Waals surface area (Å²) >= 11 is 0. The zero-order chi connectivity index (χ0) is 35.7. The maximum atomic E-state index is 2.48. The molecule has 0 heteroatoms. The summed E-state index contributed by atoms with van der Waals surface area (Å²) in [6.45, 7) is 7.08. The van der Waals surface area contributed by atoms with E-state index >= 15 is 0 Å². The zero-order valence-corrected chi connectivity index (χ0v) is 30.4. The van der Waals surface area contributed by atoms with E-state index in [0.717, 1.165) is 0 Å². The van der Waals surface area contributed by atoms with Crippen LogP contribution in [0.15, 0.2) is 188 Å². The Kier molecular flexibility index (Phi) is 7.07. The number of benzene rings is 9. The van der Waals surface area contributed by atoms with Crippen molar-refractivity contribution in [3.63, 3.8) is 0 Å². The molecule has 252 valence electrons. The first-order chi connectivity index (χ1) is 25.9. The summed E-state index contributed by atoms with van der Waals surface area (Å²) in [4.78, 5) is 0. The predicted molar refractivity (Wildman–Crippen MR) is 226 cm³/mol. The van der Waals surface area contributed by atoms with Gasteiger partial charge in [-0.15, -0.1) is 0 Å². The zero-order valence-electron chi connectivity index (χ0n) is 30.4. The van der Waals surface area contributed by atoms with E-state index in [1.807, 2.05) is 0 Å². The van der Waals surface area contributed by atoms with Crippen molar-refractivity contribution in [2.24, 2.45) is 0 Å². The lowest BCUT2D eigenvalue weighted by molar-refractivity contribution is 0.601. The van der Waals surface area contributed by atoms with Crippen LogP contribution in [0.25, 0.3) is 65.7 Å². The smallest absolute Gasteiger partial charge is 0.0622 e. The Morgan fingerprint density at radius 2 is 0.906 bits per heavy atom. The van der Waals surface area contributed by atoms with Gasteiger partial charge in [0.15, 0.2) is 0 Å². The van der Waals surface area contributed by atoms with Gasteiger partial charge in [-0.2, -0.15) is 0 Å². The van der Waals surface area contributed by atoms with Gasteiger partial charge in [-0.3, -0.25) is 0 Å². The normalized spacial score (nSPS) is 13.3. The van der Waals surface area contributed by atoms with Crippen molar-refractivity contribution in [1.29, 1.82) is 0 Å². The second-order valence-corrected chi connectivity index (χ2v) is 15.7. The first-order valence-electron chi connectivity index (χ1n) is 18.8. The molecular formula is C53H40. The van der Waals surface area contributed by atoms with Crippen molar-refractivity contribution in [1.82, 2.24) is 0 Å². The molecule has 0 radical (unpaired) electrons. The quantitative estimate of drug-likeness (QED) is 0.163. The highest BCUT2D eigenvalue weighted by Gasteiger charge is 2.46. The summed E-state index contributed by atoms with van der Waals surface area (Å²) in [6.07, 6.45) is 0. The summed E-state index contributed by atoms with van der Waals surface area (Å²) in [5.41, 5.74) is 13.8. The van der Waals surface area contributed by atoms with Crippen LogP contribution in [0, 0.1) is 0 Å². The van der Waals surface area contributed by atoms with Crippen molar-refractivity contribution in [2.75, 3.05) is 0 Å². The van der Waals surface area contributed by atoms with Gasteiger partial charge in [-0.1, -0.05) is 191 Å². The number of hydrogen-bond donors (Lipinski definition) is 0. The second kappa shape index (κ2) is 11.9. The van der Waals surface area contributed by atoms with Gasteiger partial charge in [-0.25, -0.2) is 0 Å². The van der Waals surface area contributed by atoms with Gasteiger partial charge >= 0.3 is 0 Å². The van der Waals surface area contributed by atoms with Crippen LogP contribution in [0.5, 0.6) is 0 Å². The molecule has 0 aromatic heterocycles. The largest absolute Gasteiger partial charge is 0.0713 e. The first kappa shape index (κ1) is 31.5. The third kappa shape index (κ3) is 4.75. The van der Waals surface area contributed by atoms with Crippen LogP contribution >= 0.6 is 0 Å². The van der Waals surface area contributed by atoms with E-state index in [1.165, 1.54) is 93.5 Å². The van der Waals surface area contributed by atoms with Gasteiger partial charge in [-0.05, 0) is 117 Å². The van der Waals surface area contributed by atoms with Crippen LogP contribution < -0.4 is 0 Å². The number of hydrogen-bond acceptors (Lipinski definition) is 0. The molecule has 0 atom stereocenters. The Bertz CT molecular complexity index is 2810. The molecule has 0 spiro atoms. The lowest BCUT2D eigenvalue weighted by atomic mass is 9.67. The van der Waals surface area contributed by atoms with E-state index in [9.17, 15) is 0 Å². The highest BCUT2D eigenvalue weighted by molar-refractivity contribution is 6.16. The van der Waals surface area contributed by atoms with E-state index < -0.39 is 5.41 Å². The molecule has 0 amide bonds. The molecule has 0 N–H and O–H groups in total. The molecule has 0 nitrogen and oxygen atoms in total. The Labute approximate surface area is 312 Å². The van der Waals surface area contributed by atoms with Crippen LogP contribution in [-0.4, -0.2) is 0 Å². The molecule has 0 fully saturated rings. The third-order valence-electron chi connectivity index (χ3n) is 11.6. The van der Waals surface area contributed by atoms with E-state index in [-0.39, 0.29) is 5.41 Å². The maximum Gasteiger partial charge on any atom is 0.0713 e. The highest BCUT2D eigenvalue weighted by Crippen LogP contribution is 2.57. The van der Waals surface area contributed by atoms with Crippen LogP contribution in [-0.2, 0) is 10.8 Å². The molecule has 0 heterocycles. The fourth-order valence-electron chi connectivity index (χ4n) is 9.45. The Balaban J connectivity index is 1.26. The number of fused-ring (bicyclic) bond motifs is 6. The fraction of sp³-hybridized carbons (Fsp3) is 0.0943. The van der Waals surface area contributed by atoms with Gasteiger partial charge in [0, 0.05) is 0 Å². The average Bonchev–Trinajstić information content (AvgIpc) is 3.50. The summed E-state index contributed by atoms with van der Waals surface area (Å²) in [7, 11) is 0. The monoisotopic (exact) mass is 676 g/mol. The Hall–Kier alpha value is -6.24. The van der Waals surface area contributed by atoms with Crippen LogP contribution in [0.4, 0.5) is 0 Å². The molecule has 0 saturated carbocycles. The van der Waals surface area contributed by atoms with E-state index in [2.05, 4.69) is 209 Å². The molecule has 0 unspecified atom stereocenters. The maximum absolute atomic E-state index is 2.48. The minimum absolute atomic E-state index is 0.0757. The lowest BCUT2D eigenvalue weighted by Gasteiger charge is -2.34. The van der Waals surface area contributed by atoms with Gasteiger partial charge < -0.3 is 0 Å². The molecule has 0 saturated heterocycles. The van der Waals surface area contributed by atoms with Crippen LogP contribution in [0.3, 0.4) is 0 Å². The van der Waals surface area contributed by atoms with Crippen LogP contribution in [0.1, 0.15) is 48.6 Å². The highest BCUT2D eigenvalue weighted by atomic mass is 14.5. The van der Waals surface area contributed by atoms with E-state index in [1.54, 1.807) is 0 Å². The Morgan fingerprint density at radius 1 is 0.358 bits per heavy atom. The molecule has 9 aromatic carbocycles. The number of rotatable bonds is 4. The van der Waals surface area contributed by atoms with E-state index in [4.69, 9.17) is 0 Å². The first-order valence-corrected chi connectivity index (χ1v) is 18.8. The third-order valence-corrected chi connectivity index (χ3v) is 11.6. The topological polar surface area (TPSA) is 0 Å². The lowest BCUT2D eigenvalue weighted by Crippen LogP contribution is -2.28. The second-order valence-electron chi connectivity index (χ2n) is 15.7. The van der Waals surface area contributed by atoms with Crippen LogP contribution in [0.2, 0.25) is 0 Å². The average molecular weight is 677 g/mol. The summed E-state index contributed by atoms with van der Waals surface area (Å²) in [5.74, 6) is 0. The fourth-order valence-corrected chi connectivity index (χ4v) is 9.45. The van der Waals surface area contributed by atoms with Crippen molar-refractivity contribution in [2.45, 2.75) is 31.6 Å². The summed E-state index contributed by atoms with van der Waals surface area (Å²) in [6, 6.07) is 70.2. The van der Waals surface area contributed by atoms with Crippen molar-refractivity contribution in [3.8, 4) is 33.4 Å². The molecule has 0 aliphatic heterocycles. The summed E-state index contributed by atoms with van der Waals surface area (Å²) < 4.78 is 0. The standard InChI is InChI=1S/C53H40/c1-52(2,3)51-46-24-13-12-23-44(46)50(39-27-26-35-16-10-11-17-36(35)32-39)45-31-29-37(33-47(45)51)38-28-30-43-42-22-14-15-25-48(42)53(49(43)34-38,40-18-6-4-7-19-40)41-20-8-5-9-21-41/h4-34H,1-3H3. The molecule has 53 heavy (non-hydrogen) atoms. The van der Waals surface area contributed by atoms with Crippen molar-refractivity contribution >= 4 is 32.3 Å². The molecule has 9 aromatic rings. The van der Waals surface area contributed by atoms with Crippen molar-refractivity contribution in [3.05, 3.63) is 216 Å². The van der Waals surface area contributed by atoms with Crippen molar-refractivity contribution < 1.29 is 0 Å². The molecule has 1 aliphatic rings. The minimum atomic E-state index is -0.433. The SMILES string of the molecule is CC(C)(C)c1c2ccccc2c(-c2ccc3ccccc3c2)c2ccc(-c3ccc4c(c3)C(c3ccccc3)(c3ccccc3)c3ccccc3-4)cc12. The Morgan fingerprint density at radius 3 is 1.64 bits per heavy atom. The van der Waals surface area contributed by atoms with Gasteiger partial charge in [0.2, 0.25) is 0 Å². The molecule has 0 bridgehead atoms. The minimum Gasteiger partial charge on any atom is -0.0622 e. The molecule has 10 rings (SSSR count). The molecular weight excluding hydrogens is 637 g/mol. The predicted octanol–water partition coefficient (Wildman–Crippen LogP) is 14.1. The van der Waals surface area contributed by atoms with E-state index in [0.29, 0.717) is 0 Å². The molecule has 1 aliphatic carbocycles. The summed E-state index contributed by atoms with van der Waals surface area (Å²) in [5, 5.41) is 7.77.